The van der Waals surface area contributed by atoms with Gasteiger partial charge in [-0.25, -0.2) is 17.8 Å². The molecule has 0 amide bonds. The minimum atomic E-state index is -1.35. The minimum absolute atomic E-state index is 0. The maximum Gasteiger partial charge on any atom is 0.259 e. The van der Waals surface area contributed by atoms with Crippen molar-refractivity contribution in [2.45, 2.75) is 83.1 Å². The third kappa shape index (κ3) is 8.90. The van der Waals surface area contributed by atoms with Gasteiger partial charge in [0.25, 0.3) is 8.53 Å². The van der Waals surface area contributed by atoms with Crippen LogP contribution in [0.1, 0.15) is 42.4 Å². The van der Waals surface area contributed by atoms with E-state index in [-0.39, 0.29) is 112 Å². The van der Waals surface area contributed by atoms with Gasteiger partial charge in [-0.3, -0.25) is 0 Å². The molecule has 3 aliphatic rings. The molecule has 3 fully saturated rings. The van der Waals surface area contributed by atoms with Crippen molar-refractivity contribution in [3.8, 4) is 0 Å². The quantitative estimate of drug-likeness (QED) is 0.121. The molecule has 0 aromatic carbocycles. The predicted octanol–water partition coefficient (Wildman–Crippen LogP) is 3.31. The molecule has 9 nitrogen and oxygen atoms in total. The van der Waals surface area contributed by atoms with E-state index >= 15 is 0 Å². The molecule has 2 bridgehead atoms. The van der Waals surface area contributed by atoms with Gasteiger partial charge < -0.3 is 37.6 Å². The van der Waals surface area contributed by atoms with Crippen molar-refractivity contribution in [3.63, 3.8) is 0 Å². The minimum Gasteiger partial charge on any atom is -0.546 e. The van der Waals surface area contributed by atoms with Gasteiger partial charge in [0.05, 0.1) is 37.1 Å². The van der Waals surface area contributed by atoms with Crippen molar-refractivity contribution in [3.05, 3.63) is 24.6 Å². The zero-order chi connectivity index (χ0) is 23.1. The summed E-state index contributed by atoms with van der Waals surface area (Å²) in [7, 11) is -1.35. The van der Waals surface area contributed by atoms with Crippen molar-refractivity contribution in [2.75, 3.05) is 33.2 Å². The van der Waals surface area contributed by atoms with Crippen LogP contribution in [0, 0.1) is 82.0 Å². The normalized spacial score (nSPS) is 32.0. The van der Waals surface area contributed by atoms with Crippen molar-refractivity contribution >= 4 is 8.53 Å². The van der Waals surface area contributed by atoms with Gasteiger partial charge in [0.15, 0.2) is 0 Å². The van der Waals surface area contributed by atoms with E-state index in [2.05, 4.69) is 37.2 Å². The molecule has 12 heteroatoms. The molecule has 0 aromatic heterocycles. The topological polar surface area (TPSA) is 72.2 Å². The van der Waals surface area contributed by atoms with Gasteiger partial charge >= 0.3 is 0 Å². The van der Waals surface area contributed by atoms with Crippen LogP contribution in [0.5, 0.6) is 0 Å². The van der Waals surface area contributed by atoms with Gasteiger partial charge in [0.2, 0.25) is 6.54 Å². The molecule has 186 valence electrons. The Balaban J connectivity index is 0.00000289. The maximum atomic E-state index is 7.75. The average Bonchev–Trinajstić information content (AvgIpc) is 3.44. The molecule has 0 radical (unpaired) electrons. The predicted molar refractivity (Wildman–Crippen MR) is 114 cm³/mol. The van der Waals surface area contributed by atoms with Crippen molar-refractivity contribution in [1.82, 2.24) is 4.67 Å². The first-order chi connectivity index (χ1) is 15.4. The molecule has 3 rings (SSSR count). The number of hydrogen-bond acceptors (Lipinski definition) is 8. The Morgan fingerprint density at radius 1 is 1.30 bits per heavy atom. The first kappa shape index (κ1) is 30.9. The molecule has 3 saturated heterocycles. The molecule has 3 aliphatic heterocycles. The summed E-state index contributed by atoms with van der Waals surface area (Å²) in [5.74, 6) is 0. The molecule has 33 heavy (non-hydrogen) atoms. The average molecular weight is 936 g/mol. The zero-order valence-corrected chi connectivity index (χ0v) is 29.0. The monoisotopic (exact) mass is 935 g/mol. The van der Waals surface area contributed by atoms with Crippen LogP contribution in [-0.4, -0.2) is 79.9 Å². The molecule has 0 aromatic rings. The second-order valence-electron chi connectivity index (χ2n) is 8.41. The van der Waals surface area contributed by atoms with Crippen LogP contribution in [0.2, 0.25) is 0 Å². The van der Waals surface area contributed by atoms with Crippen LogP contribution >= 0.6 is 8.53 Å². The van der Waals surface area contributed by atoms with Crippen molar-refractivity contribution in [2.24, 2.45) is 0 Å². The smallest absolute Gasteiger partial charge is 0.259 e. The molecule has 0 N–H and O–H groups in total. The standard InChI is InChI=1S/C21H35N2O7P.2U/c1-15(2)23(16(3)4)31(29-10-8-22-6)30-17-7-9-25-18(17)11-24-14-27-20-19-12-28-21(20,5)13-26-19;;/h9,12,15-20H,7-8,10-11,13-14H2,1-5H3;;/q-2;;/t17-,18+,19-,20-,21-,31?;;/m0../s1/i5D;;. The van der Waals surface area contributed by atoms with Crippen LogP contribution in [0.4, 0.5) is 0 Å². The first-order valence-corrected chi connectivity index (χ1v) is 11.8. The van der Waals surface area contributed by atoms with Crippen LogP contribution in [0.3, 0.4) is 0 Å². The Morgan fingerprint density at radius 3 is 2.67 bits per heavy atom. The van der Waals surface area contributed by atoms with Gasteiger partial charge in [0.1, 0.15) is 13.4 Å². The van der Waals surface area contributed by atoms with Gasteiger partial charge in [0, 0.05) is 75.7 Å². The van der Waals surface area contributed by atoms with Crippen LogP contribution < -0.4 is 0 Å². The summed E-state index contributed by atoms with van der Waals surface area (Å²) < 4.78 is 50.8. The maximum absolute atomic E-state index is 7.75. The van der Waals surface area contributed by atoms with E-state index in [1.54, 1.807) is 13.2 Å². The number of rotatable bonds is 13. The largest absolute Gasteiger partial charge is 0.546 e. The summed E-state index contributed by atoms with van der Waals surface area (Å²) in [6.07, 6.45) is -0.453. The van der Waals surface area contributed by atoms with Gasteiger partial charge in [-0.2, -0.15) is 6.61 Å². The number of hydrogen-bond donors (Lipinski definition) is 0. The first-order valence-electron chi connectivity index (χ1n) is 11.4. The van der Waals surface area contributed by atoms with E-state index in [1.807, 2.05) is 0 Å². The summed E-state index contributed by atoms with van der Waals surface area (Å²) in [6.45, 7) is 20.2. The van der Waals surface area contributed by atoms with Gasteiger partial charge in [-0.15, -0.1) is 6.42 Å². The summed E-state index contributed by atoms with van der Waals surface area (Å²) in [5, 5.41) is 0. The Kier molecular flexibility index (Phi) is 14.8. The van der Waals surface area contributed by atoms with E-state index in [0.29, 0.717) is 32.8 Å². The Bertz CT molecular complexity index is 618. The Hall–Kier alpha value is 1.70. The summed E-state index contributed by atoms with van der Waals surface area (Å²) in [5.41, 5.74) is -0.729. The molecule has 0 aliphatic carbocycles. The van der Waals surface area contributed by atoms with Crippen molar-refractivity contribution in [1.29, 1.82) is 0 Å². The van der Waals surface area contributed by atoms with Crippen LogP contribution in [0.15, 0.2) is 0 Å². The third-order valence-electron chi connectivity index (χ3n) is 5.28. The van der Waals surface area contributed by atoms with E-state index in [4.69, 9.17) is 40.7 Å². The van der Waals surface area contributed by atoms with E-state index in [9.17, 15) is 0 Å². The number of nitrogens with zero attached hydrogens (tertiary/aromatic N) is 2. The summed E-state index contributed by atoms with van der Waals surface area (Å²) in [4.78, 5) is 3.38. The molecular formula is C21H35N2O7PU2-2. The Labute approximate surface area is 248 Å². The van der Waals surface area contributed by atoms with Crippen molar-refractivity contribution < 1.29 is 96.3 Å². The number of fused-ring (bicyclic) bond motifs is 2. The molecule has 6 atom stereocenters. The van der Waals surface area contributed by atoms with E-state index < -0.39 is 14.1 Å². The second-order valence-corrected chi connectivity index (χ2v) is 9.82. The van der Waals surface area contributed by atoms with E-state index in [0.717, 1.165) is 0 Å². The van der Waals surface area contributed by atoms with E-state index in [1.165, 1.54) is 0 Å². The number of ether oxygens (including phenoxy) is 5. The molecule has 0 spiro atoms. The van der Waals surface area contributed by atoms with Gasteiger partial charge in [-0.05, 0) is 40.7 Å². The van der Waals surface area contributed by atoms with Crippen LogP contribution in [-0.2, 0) is 32.7 Å². The zero-order valence-electron chi connectivity index (χ0n) is 20.8. The molecular weight excluding hydrogens is 899 g/mol. The summed E-state index contributed by atoms with van der Waals surface area (Å²) >= 11 is 0. The molecule has 3 heterocycles. The Morgan fingerprint density at radius 2 is 2.06 bits per heavy atom. The fraction of sp³-hybridized carbons (Fsp3) is 0.857. The summed E-state index contributed by atoms with van der Waals surface area (Å²) in [6, 6.07) is 0.465. The second kappa shape index (κ2) is 15.8. The molecule has 1 unspecified atom stereocenters. The van der Waals surface area contributed by atoms with Crippen LogP contribution in [0.25, 0.3) is 4.85 Å². The van der Waals surface area contributed by atoms with Gasteiger partial charge in [-0.1, -0.05) is 0 Å². The molecule has 0 saturated carbocycles. The third-order valence-corrected chi connectivity index (χ3v) is 7.43. The fourth-order valence-corrected chi connectivity index (χ4v) is 5.58. The fourth-order valence-electron chi connectivity index (χ4n) is 3.83. The SMILES string of the molecule is [2H]C[C@@]12CO[C@@H]([CH-]O1)[C@@H]2OCOC[C@H]1O[CH-]C[C@@H]1OP(OCC[N+]#[C-])N(C(C)C)C(C)C.[U].[U].